The van der Waals surface area contributed by atoms with Crippen molar-refractivity contribution in [1.82, 2.24) is 14.4 Å². The van der Waals surface area contributed by atoms with Crippen LogP contribution < -0.4 is 5.69 Å². The zero-order chi connectivity index (χ0) is 16.7. The van der Waals surface area contributed by atoms with Gasteiger partial charge in [-0.25, -0.2) is 14.2 Å². The highest BCUT2D eigenvalue weighted by Gasteiger charge is 2.14. The fourth-order valence-electron chi connectivity index (χ4n) is 2.69. The summed E-state index contributed by atoms with van der Waals surface area (Å²) in [5, 5.41) is 0. The van der Waals surface area contributed by atoms with Gasteiger partial charge in [-0.3, -0.25) is 0 Å². The van der Waals surface area contributed by atoms with E-state index in [1.807, 2.05) is 18.2 Å². The topological polar surface area (TPSA) is 50.2 Å². The van der Waals surface area contributed by atoms with Crippen molar-refractivity contribution in [2.75, 3.05) is 0 Å². The first-order chi connectivity index (χ1) is 11.6. The molecular weight excluding hydrogens is 528 g/mol. The molecule has 0 fully saturated rings. The van der Waals surface area contributed by atoms with Crippen LogP contribution in [0.5, 0.6) is 0 Å². The average molecular weight is 539 g/mol. The smallest absolute Gasteiger partial charge is 0.313 e. The lowest BCUT2D eigenvalue weighted by Crippen LogP contribution is -2.17. The van der Waals surface area contributed by atoms with Gasteiger partial charge in [0.2, 0.25) is 0 Å². The summed E-state index contributed by atoms with van der Waals surface area (Å²) < 4.78 is 3.27. The van der Waals surface area contributed by atoms with Gasteiger partial charge in [0.25, 0.3) is 0 Å². The Labute approximate surface area is 165 Å². The molecule has 4 nitrogen and oxygen atoms in total. The van der Waals surface area contributed by atoms with Gasteiger partial charge in [-0.1, -0.05) is 54.6 Å². The van der Waals surface area contributed by atoms with Crippen LogP contribution in [0, 0.1) is 7.40 Å². The lowest BCUT2D eigenvalue weighted by molar-refractivity contribution is 0.984. The quantitative estimate of drug-likeness (QED) is 0.380. The SMILES string of the molecule is O=c1[nH]cc(-c2ccc(-c3ccccc3)cc2)c2nc(I)c(I)n12. The Morgan fingerprint density at radius 3 is 2.21 bits per heavy atom. The minimum atomic E-state index is -0.172. The van der Waals surface area contributed by atoms with Crippen LogP contribution in [0.15, 0.2) is 65.6 Å². The predicted molar refractivity (Wildman–Crippen MR) is 112 cm³/mol. The average Bonchev–Trinajstić information content (AvgIpc) is 2.92. The number of hydrogen-bond donors (Lipinski definition) is 1. The van der Waals surface area contributed by atoms with Crippen LogP contribution in [-0.2, 0) is 0 Å². The summed E-state index contributed by atoms with van der Waals surface area (Å²) in [7, 11) is 0. The van der Waals surface area contributed by atoms with Gasteiger partial charge in [0.1, 0.15) is 7.40 Å². The maximum atomic E-state index is 12.1. The largest absolute Gasteiger partial charge is 0.332 e. The van der Waals surface area contributed by atoms with E-state index in [2.05, 4.69) is 91.5 Å². The molecule has 2 aromatic heterocycles. The minimum Gasteiger partial charge on any atom is -0.313 e. The summed E-state index contributed by atoms with van der Waals surface area (Å²) in [6.07, 6.45) is 1.73. The number of hydrogen-bond acceptors (Lipinski definition) is 2. The Morgan fingerprint density at radius 2 is 1.50 bits per heavy atom. The summed E-state index contributed by atoms with van der Waals surface area (Å²) in [5.41, 5.74) is 4.78. The zero-order valence-corrected chi connectivity index (χ0v) is 16.6. The van der Waals surface area contributed by atoms with Gasteiger partial charge in [0.05, 0.1) is 0 Å². The van der Waals surface area contributed by atoms with Crippen LogP contribution in [0.4, 0.5) is 0 Å². The molecule has 6 heteroatoms. The number of aromatic amines is 1. The Balaban J connectivity index is 1.85. The Morgan fingerprint density at radius 1 is 0.875 bits per heavy atom. The van der Waals surface area contributed by atoms with Crippen molar-refractivity contribution < 1.29 is 0 Å². The lowest BCUT2D eigenvalue weighted by Gasteiger charge is -2.06. The van der Waals surface area contributed by atoms with Gasteiger partial charge in [0.15, 0.2) is 5.65 Å². The third kappa shape index (κ3) is 2.67. The van der Waals surface area contributed by atoms with E-state index >= 15 is 0 Å². The molecule has 0 bridgehead atoms. The summed E-state index contributed by atoms with van der Waals surface area (Å²) >= 11 is 4.30. The van der Waals surface area contributed by atoms with Crippen LogP contribution in [0.1, 0.15) is 0 Å². The second-order valence-corrected chi connectivity index (χ2v) is 7.35. The fraction of sp³-hybridized carbons (Fsp3) is 0. The van der Waals surface area contributed by atoms with Crippen LogP contribution in [-0.4, -0.2) is 14.4 Å². The molecule has 0 atom stereocenters. The molecule has 1 N–H and O–H groups in total. The third-order valence-corrected chi connectivity index (χ3v) is 6.65. The van der Waals surface area contributed by atoms with Crippen LogP contribution >= 0.6 is 45.2 Å². The number of H-pyrrole nitrogens is 1. The van der Waals surface area contributed by atoms with Crippen molar-refractivity contribution in [3.8, 4) is 22.3 Å². The minimum absolute atomic E-state index is 0.172. The van der Waals surface area contributed by atoms with Gasteiger partial charge >= 0.3 is 5.69 Å². The highest BCUT2D eigenvalue weighted by molar-refractivity contribution is 14.1. The van der Waals surface area contributed by atoms with E-state index < -0.39 is 0 Å². The molecule has 0 radical (unpaired) electrons. The zero-order valence-electron chi connectivity index (χ0n) is 12.3. The predicted octanol–water partition coefficient (Wildman–Crippen LogP) is 4.57. The third-order valence-electron chi connectivity index (χ3n) is 3.87. The van der Waals surface area contributed by atoms with Crippen molar-refractivity contribution in [3.05, 3.63) is 78.7 Å². The molecular formula is C18H11I2N3O. The van der Waals surface area contributed by atoms with E-state index in [0.29, 0.717) is 5.65 Å². The first kappa shape index (κ1) is 15.8. The first-order valence-electron chi connectivity index (χ1n) is 7.26. The van der Waals surface area contributed by atoms with E-state index in [-0.39, 0.29) is 5.69 Å². The van der Waals surface area contributed by atoms with E-state index in [1.54, 1.807) is 10.6 Å². The molecule has 118 valence electrons. The summed E-state index contributed by atoms with van der Waals surface area (Å²) in [5.74, 6) is 0. The van der Waals surface area contributed by atoms with Crippen LogP contribution in [0.3, 0.4) is 0 Å². The van der Waals surface area contributed by atoms with Crippen molar-refractivity contribution in [3.63, 3.8) is 0 Å². The van der Waals surface area contributed by atoms with Gasteiger partial charge in [-0.05, 0) is 61.9 Å². The Bertz CT molecular complexity index is 1080. The molecule has 0 spiro atoms. The summed E-state index contributed by atoms with van der Waals surface area (Å²) in [6.45, 7) is 0. The number of halogens is 2. The van der Waals surface area contributed by atoms with Crippen LogP contribution in [0.2, 0.25) is 0 Å². The molecule has 0 aliphatic heterocycles. The number of nitrogens with one attached hydrogen (secondary N) is 1. The van der Waals surface area contributed by atoms with E-state index in [0.717, 1.165) is 24.1 Å². The van der Waals surface area contributed by atoms with E-state index in [1.165, 1.54) is 5.56 Å². The van der Waals surface area contributed by atoms with Crippen molar-refractivity contribution >= 4 is 50.8 Å². The number of fused-ring (bicyclic) bond motifs is 1. The van der Waals surface area contributed by atoms with Gasteiger partial charge in [-0.15, -0.1) is 0 Å². The Kier molecular flexibility index (Phi) is 4.17. The monoisotopic (exact) mass is 539 g/mol. The first-order valence-corrected chi connectivity index (χ1v) is 9.42. The molecule has 24 heavy (non-hydrogen) atoms. The second kappa shape index (κ2) is 6.32. The second-order valence-electron chi connectivity index (χ2n) is 5.30. The van der Waals surface area contributed by atoms with Gasteiger partial charge in [-0.2, -0.15) is 0 Å². The molecule has 0 saturated heterocycles. The molecule has 4 aromatic rings. The molecule has 2 heterocycles. The van der Waals surface area contributed by atoms with Gasteiger partial charge < -0.3 is 4.98 Å². The fourth-order valence-corrected chi connectivity index (χ4v) is 3.73. The summed E-state index contributed by atoms with van der Waals surface area (Å²) in [6, 6.07) is 18.5. The highest BCUT2D eigenvalue weighted by Crippen LogP contribution is 2.28. The molecule has 2 aromatic carbocycles. The standard InChI is InChI=1S/C18H11I2N3O/c19-15-16(20)23-17(22-15)14(10-21-18(23)24)13-8-6-12(7-9-13)11-4-2-1-3-5-11/h1-10H,(H,21,24). The highest BCUT2D eigenvalue weighted by atomic mass is 127. The number of imidazole rings is 1. The Hall–Kier alpha value is -1.68. The van der Waals surface area contributed by atoms with E-state index in [4.69, 9.17) is 0 Å². The number of rotatable bonds is 2. The summed E-state index contributed by atoms with van der Waals surface area (Å²) in [4.78, 5) is 19.4. The normalized spacial score (nSPS) is 11.1. The van der Waals surface area contributed by atoms with Crippen molar-refractivity contribution in [2.24, 2.45) is 0 Å². The van der Waals surface area contributed by atoms with E-state index in [9.17, 15) is 4.79 Å². The van der Waals surface area contributed by atoms with Crippen molar-refractivity contribution in [2.45, 2.75) is 0 Å². The molecule has 0 aliphatic carbocycles. The molecule has 0 aliphatic rings. The maximum absolute atomic E-state index is 12.1. The molecule has 4 rings (SSSR count). The molecule has 0 amide bonds. The molecule has 0 unspecified atom stereocenters. The van der Waals surface area contributed by atoms with Crippen LogP contribution in [0.25, 0.3) is 27.9 Å². The number of aromatic nitrogens is 3. The van der Waals surface area contributed by atoms with Gasteiger partial charge in [0, 0.05) is 11.8 Å². The van der Waals surface area contributed by atoms with Crippen molar-refractivity contribution in [1.29, 1.82) is 0 Å². The number of benzene rings is 2. The number of nitrogens with zero attached hydrogens (tertiary/aromatic N) is 2. The maximum Gasteiger partial charge on any atom is 0.332 e. The lowest BCUT2D eigenvalue weighted by atomic mass is 10.0. The molecule has 0 saturated carbocycles.